The van der Waals surface area contributed by atoms with Gasteiger partial charge in [-0.2, -0.15) is 0 Å². The minimum Gasteiger partial charge on any atom is -0.497 e. The van der Waals surface area contributed by atoms with Crippen LogP contribution in [-0.4, -0.2) is 30.5 Å². The molecule has 6 nitrogen and oxygen atoms in total. The van der Waals surface area contributed by atoms with Gasteiger partial charge in [-0.25, -0.2) is 0 Å². The predicted octanol–water partition coefficient (Wildman–Crippen LogP) is 3.32. The highest BCUT2D eigenvalue weighted by Crippen LogP contribution is 2.12. The van der Waals surface area contributed by atoms with Crippen LogP contribution in [0.5, 0.6) is 5.75 Å². The summed E-state index contributed by atoms with van der Waals surface area (Å²) in [7, 11) is 1.62. The molecule has 0 spiro atoms. The maximum Gasteiger partial charge on any atom is 0.257 e. The van der Waals surface area contributed by atoms with E-state index in [1.807, 2.05) is 42.5 Å². The van der Waals surface area contributed by atoms with Gasteiger partial charge in [0.25, 0.3) is 11.8 Å². The Morgan fingerprint density at radius 3 is 2.29 bits per heavy atom. The van der Waals surface area contributed by atoms with Crippen LogP contribution in [0.15, 0.2) is 73.1 Å². The van der Waals surface area contributed by atoms with Gasteiger partial charge in [-0.3, -0.25) is 14.6 Å². The second-order valence-electron chi connectivity index (χ2n) is 6.14. The summed E-state index contributed by atoms with van der Waals surface area (Å²) in [5.74, 6) is 0.214. The number of aromatic nitrogens is 1. The lowest BCUT2D eigenvalue weighted by Gasteiger charge is -2.08. The molecule has 6 heteroatoms. The zero-order valence-electron chi connectivity index (χ0n) is 15.5. The van der Waals surface area contributed by atoms with Crippen molar-refractivity contribution in [2.45, 2.75) is 6.42 Å². The standard InChI is InChI=1S/C22H21N3O3/c1-28-20-9-7-16(8-10-20)11-12-24-21(26)17-13-18(15-23-14-17)22(27)25-19-5-3-2-4-6-19/h2-10,13-15H,11-12H2,1H3,(H,24,26)(H,25,27). The molecular formula is C22H21N3O3. The van der Waals surface area contributed by atoms with Crippen molar-refractivity contribution in [3.63, 3.8) is 0 Å². The van der Waals surface area contributed by atoms with Gasteiger partial charge in [-0.05, 0) is 42.3 Å². The third kappa shape index (κ3) is 5.17. The average Bonchev–Trinajstić information content (AvgIpc) is 2.75. The summed E-state index contributed by atoms with van der Waals surface area (Å²) in [6.45, 7) is 0.478. The van der Waals surface area contributed by atoms with Gasteiger partial charge < -0.3 is 15.4 Å². The van der Waals surface area contributed by atoms with Crippen LogP contribution in [0.3, 0.4) is 0 Å². The summed E-state index contributed by atoms with van der Waals surface area (Å²) in [5.41, 5.74) is 2.44. The van der Waals surface area contributed by atoms with Gasteiger partial charge in [0.05, 0.1) is 18.2 Å². The van der Waals surface area contributed by atoms with Gasteiger partial charge in [0, 0.05) is 24.6 Å². The third-order valence-corrected chi connectivity index (χ3v) is 4.15. The number of hydrogen-bond donors (Lipinski definition) is 2. The van der Waals surface area contributed by atoms with Crippen molar-refractivity contribution in [2.24, 2.45) is 0 Å². The molecule has 2 amide bonds. The molecule has 0 unspecified atom stereocenters. The Kier molecular flexibility index (Phi) is 6.36. The van der Waals surface area contributed by atoms with Crippen LogP contribution in [0.1, 0.15) is 26.3 Å². The monoisotopic (exact) mass is 375 g/mol. The largest absolute Gasteiger partial charge is 0.497 e. The number of rotatable bonds is 7. The molecule has 0 aliphatic heterocycles. The molecule has 0 fully saturated rings. The Hall–Kier alpha value is -3.67. The maximum absolute atomic E-state index is 12.4. The van der Waals surface area contributed by atoms with Crippen molar-refractivity contribution in [3.05, 3.63) is 89.7 Å². The zero-order valence-corrected chi connectivity index (χ0v) is 15.5. The summed E-state index contributed by atoms with van der Waals surface area (Å²) < 4.78 is 5.13. The molecule has 28 heavy (non-hydrogen) atoms. The van der Waals surface area contributed by atoms with Gasteiger partial charge in [-0.1, -0.05) is 30.3 Å². The smallest absolute Gasteiger partial charge is 0.257 e. The van der Waals surface area contributed by atoms with Gasteiger partial charge in [0.2, 0.25) is 0 Å². The number of methoxy groups -OCH3 is 1. The summed E-state index contributed by atoms with van der Waals surface area (Å²) in [4.78, 5) is 28.7. The number of amides is 2. The second kappa shape index (κ2) is 9.32. The Bertz CT molecular complexity index is 941. The number of pyridine rings is 1. The molecule has 142 valence electrons. The fourth-order valence-electron chi connectivity index (χ4n) is 2.63. The van der Waals surface area contributed by atoms with E-state index in [-0.39, 0.29) is 11.8 Å². The second-order valence-corrected chi connectivity index (χ2v) is 6.14. The number of nitrogens with one attached hydrogen (secondary N) is 2. The van der Waals surface area contributed by atoms with E-state index >= 15 is 0 Å². The summed E-state index contributed by atoms with van der Waals surface area (Å²) in [6.07, 6.45) is 3.58. The third-order valence-electron chi connectivity index (χ3n) is 4.15. The van der Waals surface area contributed by atoms with E-state index in [0.717, 1.165) is 11.3 Å². The van der Waals surface area contributed by atoms with E-state index in [2.05, 4.69) is 15.6 Å². The van der Waals surface area contributed by atoms with Crippen molar-refractivity contribution in [3.8, 4) is 5.75 Å². The number of hydrogen-bond acceptors (Lipinski definition) is 4. The lowest BCUT2D eigenvalue weighted by Crippen LogP contribution is -2.26. The van der Waals surface area contributed by atoms with E-state index in [4.69, 9.17) is 4.74 Å². The number of nitrogens with zero attached hydrogens (tertiary/aromatic N) is 1. The normalized spacial score (nSPS) is 10.2. The predicted molar refractivity (Wildman–Crippen MR) is 108 cm³/mol. The molecule has 0 bridgehead atoms. The van der Waals surface area contributed by atoms with E-state index < -0.39 is 0 Å². The Morgan fingerprint density at radius 2 is 1.61 bits per heavy atom. The molecule has 1 aromatic heterocycles. The minimum absolute atomic E-state index is 0.268. The highest BCUT2D eigenvalue weighted by Gasteiger charge is 2.11. The van der Waals surface area contributed by atoms with Crippen molar-refractivity contribution in [2.75, 3.05) is 19.0 Å². The molecule has 3 aromatic rings. The van der Waals surface area contributed by atoms with Crippen LogP contribution in [0, 0.1) is 0 Å². The first kappa shape index (κ1) is 19.1. The molecule has 0 saturated heterocycles. The quantitative estimate of drug-likeness (QED) is 0.664. The summed E-state index contributed by atoms with van der Waals surface area (Å²) in [5, 5.41) is 5.63. The number of carbonyl (C=O) groups is 2. The molecule has 0 saturated carbocycles. The summed E-state index contributed by atoms with van der Waals surface area (Å²) in [6, 6.07) is 18.3. The van der Waals surface area contributed by atoms with Crippen molar-refractivity contribution < 1.29 is 14.3 Å². The number of para-hydroxylation sites is 1. The van der Waals surface area contributed by atoms with E-state index in [1.165, 1.54) is 18.5 Å². The Labute approximate surface area is 163 Å². The van der Waals surface area contributed by atoms with E-state index in [9.17, 15) is 9.59 Å². The number of ether oxygens (including phenoxy) is 1. The van der Waals surface area contributed by atoms with Crippen molar-refractivity contribution in [1.82, 2.24) is 10.3 Å². The Morgan fingerprint density at radius 1 is 0.929 bits per heavy atom. The SMILES string of the molecule is COc1ccc(CCNC(=O)c2cncc(C(=O)Nc3ccccc3)c2)cc1. The van der Waals surface area contributed by atoms with Crippen LogP contribution in [-0.2, 0) is 6.42 Å². The van der Waals surface area contributed by atoms with E-state index in [1.54, 1.807) is 19.2 Å². The van der Waals surface area contributed by atoms with E-state index in [0.29, 0.717) is 29.8 Å². The van der Waals surface area contributed by atoms with Gasteiger partial charge in [-0.15, -0.1) is 0 Å². The number of carbonyl (C=O) groups excluding carboxylic acids is 2. The lowest BCUT2D eigenvalue weighted by molar-refractivity contribution is 0.0953. The van der Waals surface area contributed by atoms with Crippen LogP contribution < -0.4 is 15.4 Å². The van der Waals surface area contributed by atoms with Crippen LogP contribution >= 0.6 is 0 Å². The zero-order chi connectivity index (χ0) is 19.8. The summed E-state index contributed by atoms with van der Waals surface area (Å²) >= 11 is 0. The molecule has 0 atom stereocenters. The molecule has 0 aliphatic carbocycles. The van der Waals surface area contributed by atoms with Crippen LogP contribution in [0.2, 0.25) is 0 Å². The van der Waals surface area contributed by atoms with Gasteiger partial charge >= 0.3 is 0 Å². The average molecular weight is 375 g/mol. The van der Waals surface area contributed by atoms with Crippen LogP contribution in [0.25, 0.3) is 0 Å². The molecule has 2 aromatic carbocycles. The molecule has 2 N–H and O–H groups in total. The Balaban J connectivity index is 1.56. The maximum atomic E-state index is 12.4. The first-order valence-corrected chi connectivity index (χ1v) is 8.88. The number of anilines is 1. The van der Waals surface area contributed by atoms with Crippen LogP contribution in [0.4, 0.5) is 5.69 Å². The van der Waals surface area contributed by atoms with Gasteiger partial charge in [0.1, 0.15) is 5.75 Å². The highest BCUT2D eigenvalue weighted by atomic mass is 16.5. The first-order valence-electron chi connectivity index (χ1n) is 8.88. The fraction of sp³-hybridized carbons (Fsp3) is 0.136. The molecule has 3 rings (SSSR count). The molecule has 0 radical (unpaired) electrons. The van der Waals surface area contributed by atoms with Crippen molar-refractivity contribution in [1.29, 1.82) is 0 Å². The van der Waals surface area contributed by atoms with Gasteiger partial charge in [0.15, 0.2) is 0 Å². The minimum atomic E-state index is -0.313. The first-order chi connectivity index (χ1) is 13.7. The number of benzene rings is 2. The molecular weight excluding hydrogens is 354 g/mol. The van der Waals surface area contributed by atoms with Crippen molar-refractivity contribution >= 4 is 17.5 Å². The fourth-order valence-corrected chi connectivity index (χ4v) is 2.63. The lowest BCUT2D eigenvalue weighted by atomic mass is 10.1. The highest BCUT2D eigenvalue weighted by molar-refractivity contribution is 6.05. The topological polar surface area (TPSA) is 80.3 Å². The molecule has 0 aliphatic rings. The molecule has 1 heterocycles.